The van der Waals surface area contributed by atoms with Crippen molar-refractivity contribution >= 4 is 15.9 Å². The summed E-state index contributed by atoms with van der Waals surface area (Å²) in [5, 5.41) is 0. The zero-order chi connectivity index (χ0) is 17.2. The first kappa shape index (κ1) is 16.2. The Balaban J connectivity index is 1.61. The maximum atomic E-state index is 12.4. The molecule has 0 spiro atoms. The Hall–Kier alpha value is -2.31. The number of nitrogens with zero attached hydrogens (tertiary/aromatic N) is 3. The summed E-state index contributed by atoms with van der Waals surface area (Å²) in [6.07, 6.45) is 2.42. The molecule has 1 aliphatic heterocycles. The van der Waals surface area contributed by atoms with E-state index >= 15 is 0 Å². The third kappa shape index (κ3) is 3.55. The van der Waals surface area contributed by atoms with Crippen LogP contribution in [0.3, 0.4) is 0 Å². The molecular formula is C19H17BrN4O. The van der Waals surface area contributed by atoms with E-state index in [1.807, 2.05) is 30.3 Å². The molecule has 1 aromatic carbocycles. The van der Waals surface area contributed by atoms with E-state index in [2.05, 4.69) is 47.9 Å². The number of H-pyrrole nitrogens is 1. The Morgan fingerprint density at radius 1 is 1.20 bits per heavy atom. The highest BCUT2D eigenvalue weighted by molar-refractivity contribution is 9.10. The quantitative estimate of drug-likeness (QED) is 0.738. The number of aromatic nitrogens is 3. The van der Waals surface area contributed by atoms with Gasteiger partial charge in [0.2, 0.25) is 0 Å². The summed E-state index contributed by atoms with van der Waals surface area (Å²) in [5.74, 6) is 0.536. The summed E-state index contributed by atoms with van der Waals surface area (Å²) in [6, 6.07) is 13.9. The van der Waals surface area contributed by atoms with Crippen LogP contribution in [0.4, 0.5) is 0 Å². The lowest BCUT2D eigenvalue weighted by Crippen LogP contribution is -2.35. The molecule has 0 aliphatic carbocycles. The van der Waals surface area contributed by atoms with E-state index in [-0.39, 0.29) is 5.56 Å². The fraction of sp³-hybridized carbons (Fsp3) is 0.211. The summed E-state index contributed by atoms with van der Waals surface area (Å²) in [5.41, 5.74) is 3.53. The molecule has 3 heterocycles. The average Bonchev–Trinajstić information content (AvgIpc) is 2.62. The predicted molar refractivity (Wildman–Crippen MR) is 100 cm³/mol. The van der Waals surface area contributed by atoms with Gasteiger partial charge in [0.25, 0.3) is 5.56 Å². The van der Waals surface area contributed by atoms with E-state index in [0.717, 1.165) is 28.8 Å². The molecule has 0 radical (unpaired) electrons. The van der Waals surface area contributed by atoms with Gasteiger partial charge < -0.3 is 4.98 Å². The van der Waals surface area contributed by atoms with Crippen LogP contribution in [0.2, 0.25) is 0 Å². The minimum atomic E-state index is -0.0484. The highest BCUT2D eigenvalue weighted by Crippen LogP contribution is 2.20. The number of fused-ring (bicyclic) bond motifs is 1. The second kappa shape index (κ2) is 6.90. The molecule has 2 aromatic heterocycles. The molecule has 0 unspecified atom stereocenters. The minimum Gasteiger partial charge on any atom is -0.305 e. The highest BCUT2D eigenvalue weighted by Gasteiger charge is 2.21. The van der Waals surface area contributed by atoms with Crippen molar-refractivity contribution in [2.75, 3.05) is 6.54 Å². The van der Waals surface area contributed by atoms with Crippen molar-refractivity contribution in [3.8, 4) is 11.5 Å². The van der Waals surface area contributed by atoms with Crippen LogP contribution < -0.4 is 5.56 Å². The maximum absolute atomic E-state index is 12.4. The Bertz CT molecular complexity index is 955. The number of benzene rings is 1. The molecule has 0 fully saturated rings. The second-order valence-electron chi connectivity index (χ2n) is 6.15. The summed E-state index contributed by atoms with van der Waals surface area (Å²) in [4.78, 5) is 26.6. The van der Waals surface area contributed by atoms with Crippen molar-refractivity contribution in [3.05, 3.63) is 80.3 Å². The van der Waals surface area contributed by atoms with Crippen molar-refractivity contribution in [3.63, 3.8) is 0 Å². The first-order valence-electron chi connectivity index (χ1n) is 8.19. The Labute approximate surface area is 153 Å². The largest absolute Gasteiger partial charge is 0.305 e. The molecule has 0 saturated heterocycles. The van der Waals surface area contributed by atoms with Crippen LogP contribution in [0.25, 0.3) is 11.5 Å². The van der Waals surface area contributed by atoms with Gasteiger partial charge in [0, 0.05) is 35.9 Å². The van der Waals surface area contributed by atoms with Crippen molar-refractivity contribution in [2.24, 2.45) is 0 Å². The van der Waals surface area contributed by atoms with Crippen molar-refractivity contribution < 1.29 is 0 Å². The number of hydrogen-bond acceptors (Lipinski definition) is 4. The number of pyridine rings is 1. The third-order valence-corrected chi connectivity index (χ3v) is 4.85. The summed E-state index contributed by atoms with van der Waals surface area (Å²) in [6.45, 7) is 2.37. The molecule has 0 amide bonds. The minimum absolute atomic E-state index is 0.0484. The van der Waals surface area contributed by atoms with Crippen molar-refractivity contribution in [1.29, 1.82) is 0 Å². The van der Waals surface area contributed by atoms with E-state index in [1.54, 1.807) is 6.20 Å². The Morgan fingerprint density at radius 3 is 2.92 bits per heavy atom. The standard InChI is InChI=1S/C19H17BrN4O/c20-14-5-3-4-13(10-14)11-24-9-7-15-17(12-24)22-18(23-19(15)25)16-6-1-2-8-21-16/h1-6,8,10H,7,9,11-12H2,(H,22,23,25). The molecule has 5 nitrogen and oxygen atoms in total. The van der Waals surface area contributed by atoms with Gasteiger partial charge in [-0.1, -0.05) is 34.1 Å². The number of halogens is 1. The Kier molecular flexibility index (Phi) is 4.46. The molecule has 1 aliphatic rings. The number of nitrogens with one attached hydrogen (secondary N) is 1. The molecule has 25 heavy (non-hydrogen) atoms. The molecule has 4 rings (SSSR count). The fourth-order valence-corrected chi connectivity index (χ4v) is 3.59. The lowest BCUT2D eigenvalue weighted by Gasteiger charge is -2.27. The smallest absolute Gasteiger partial charge is 0.254 e. The van der Waals surface area contributed by atoms with Gasteiger partial charge in [0.1, 0.15) is 5.69 Å². The first-order chi connectivity index (χ1) is 12.2. The van der Waals surface area contributed by atoms with E-state index in [4.69, 9.17) is 0 Å². The first-order valence-corrected chi connectivity index (χ1v) is 8.98. The van der Waals surface area contributed by atoms with E-state index in [1.165, 1.54) is 5.56 Å². The van der Waals surface area contributed by atoms with Gasteiger partial charge >= 0.3 is 0 Å². The lowest BCUT2D eigenvalue weighted by atomic mass is 10.1. The molecule has 126 valence electrons. The van der Waals surface area contributed by atoms with Crippen LogP contribution in [0.5, 0.6) is 0 Å². The number of rotatable bonds is 3. The monoisotopic (exact) mass is 396 g/mol. The number of hydrogen-bond donors (Lipinski definition) is 1. The summed E-state index contributed by atoms with van der Waals surface area (Å²) < 4.78 is 1.08. The van der Waals surface area contributed by atoms with Gasteiger partial charge in [-0.25, -0.2) is 4.98 Å². The van der Waals surface area contributed by atoms with Gasteiger partial charge in [-0.2, -0.15) is 0 Å². The van der Waals surface area contributed by atoms with E-state index < -0.39 is 0 Å². The van der Waals surface area contributed by atoms with Crippen LogP contribution >= 0.6 is 15.9 Å². The molecular weight excluding hydrogens is 380 g/mol. The summed E-state index contributed by atoms with van der Waals surface area (Å²) >= 11 is 3.51. The molecule has 6 heteroatoms. The second-order valence-corrected chi connectivity index (χ2v) is 7.06. The van der Waals surface area contributed by atoms with E-state index in [0.29, 0.717) is 24.5 Å². The zero-order valence-electron chi connectivity index (χ0n) is 13.6. The molecule has 3 aromatic rings. The van der Waals surface area contributed by atoms with Crippen LogP contribution in [0, 0.1) is 0 Å². The average molecular weight is 397 g/mol. The van der Waals surface area contributed by atoms with Crippen LogP contribution in [0.1, 0.15) is 16.8 Å². The van der Waals surface area contributed by atoms with Gasteiger partial charge in [-0.3, -0.25) is 14.7 Å². The highest BCUT2D eigenvalue weighted by atomic mass is 79.9. The SMILES string of the molecule is O=c1[nH]c(-c2ccccn2)nc2c1CCN(Cc1cccc(Br)c1)C2. The topological polar surface area (TPSA) is 61.9 Å². The molecule has 1 N–H and O–H groups in total. The molecule has 0 bridgehead atoms. The van der Waals surface area contributed by atoms with Gasteiger partial charge in [-0.15, -0.1) is 0 Å². The third-order valence-electron chi connectivity index (χ3n) is 4.36. The molecule has 0 saturated carbocycles. The van der Waals surface area contributed by atoms with Gasteiger partial charge in [0.15, 0.2) is 5.82 Å². The fourth-order valence-electron chi connectivity index (χ4n) is 3.15. The lowest BCUT2D eigenvalue weighted by molar-refractivity contribution is 0.240. The van der Waals surface area contributed by atoms with Crippen LogP contribution in [-0.4, -0.2) is 26.4 Å². The van der Waals surface area contributed by atoms with E-state index in [9.17, 15) is 4.79 Å². The van der Waals surface area contributed by atoms with Crippen molar-refractivity contribution in [2.45, 2.75) is 19.5 Å². The van der Waals surface area contributed by atoms with Gasteiger partial charge in [-0.05, 0) is 36.2 Å². The number of aromatic amines is 1. The van der Waals surface area contributed by atoms with Gasteiger partial charge in [0.05, 0.1) is 5.69 Å². The van der Waals surface area contributed by atoms with Crippen LogP contribution in [-0.2, 0) is 19.5 Å². The maximum Gasteiger partial charge on any atom is 0.254 e. The van der Waals surface area contributed by atoms with Crippen molar-refractivity contribution in [1.82, 2.24) is 19.9 Å². The zero-order valence-corrected chi connectivity index (χ0v) is 15.2. The molecule has 0 atom stereocenters. The van der Waals surface area contributed by atoms with Crippen LogP contribution in [0.15, 0.2) is 57.9 Å². The predicted octanol–water partition coefficient (Wildman–Crippen LogP) is 3.15. The summed E-state index contributed by atoms with van der Waals surface area (Å²) in [7, 11) is 0. The normalized spacial score (nSPS) is 14.3. The Morgan fingerprint density at radius 2 is 2.12 bits per heavy atom.